The molecule has 0 bridgehead atoms. The summed E-state index contributed by atoms with van der Waals surface area (Å²) < 4.78 is 0. The average molecular weight is 655 g/mol. The van der Waals surface area contributed by atoms with Crippen LogP contribution >= 0.6 is 34.8 Å². The molecular weight excluding hydrogens is 631 g/mol. The molecule has 45 heavy (non-hydrogen) atoms. The van der Waals surface area contributed by atoms with Crippen molar-refractivity contribution in [3.8, 4) is 22.3 Å². The summed E-state index contributed by atoms with van der Waals surface area (Å²) in [6.07, 6.45) is 5.44. The van der Waals surface area contributed by atoms with Crippen molar-refractivity contribution in [3.05, 3.63) is 133 Å². The second-order valence-electron chi connectivity index (χ2n) is 9.14. The van der Waals surface area contributed by atoms with E-state index in [1.165, 1.54) is 6.08 Å². The van der Waals surface area contributed by atoms with Crippen LogP contribution in [-0.2, 0) is 9.59 Å². The first-order chi connectivity index (χ1) is 21.7. The molecule has 8 nitrogen and oxygen atoms in total. The monoisotopic (exact) mass is 653 g/mol. The van der Waals surface area contributed by atoms with Gasteiger partial charge in [-0.3, -0.25) is 4.79 Å². The molecular formula is C34H24Cl3N6O2+. The minimum atomic E-state index is -0.620. The number of aromatic nitrogens is 4. The van der Waals surface area contributed by atoms with Gasteiger partial charge in [-0.2, -0.15) is 4.79 Å². The van der Waals surface area contributed by atoms with Crippen LogP contribution in [0.4, 0.5) is 11.4 Å². The SMILES string of the molecule is C=CC(=O)Nc1cccc(-c2cccc3cnc(Cl)nc23)c1.Nc1cccc(-c2cccc3cnc(Cl)nc23)c1.[CH+]=CC(=O)Cl. The minimum absolute atomic E-state index is 0.205. The number of carbonyl (C=O) groups is 2. The van der Waals surface area contributed by atoms with E-state index < -0.39 is 5.24 Å². The number of halogens is 3. The molecule has 0 fully saturated rings. The average Bonchev–Trinajstić information content (AvgIpc) is 3.04. The maximum absolute atomic E-state index is 11.4. The van der Waals surface area contributed by atoms with E-state index in [0.29, 0.717) is 5.69 Å². The highest BCUT2D eigenvalue weighted by Gasteiger charge is 2.09. The lowest BCUT2D eigenvalue weighted by Crippen LogP contribution is -2.07. The Morgan fingerprint density at radius 1 is 0.778 bits per heavy atom. The molecule has 2 aromatic heterocycles. The lowest BCUT2D eigenvalue weighted by molar-refractivity contribution is -0.112. The molecule has 11 heteroatoms. The molecule has 0 saturated heterocycles. The van der Waals surface area contributed by atoms with Gasteiger partial charge in [-0.05, 0) is 64.7 Å². The van der Waals surface area contributed by atoms with Crippen LogP contribution in [0.1, 0.15) is 0 Å². The van der Waals surface area contributed by atoms with Crippen molar-refractivity contribution in [2.45, 2.75) is 0 Å². The van der Waals surface area contributed by atoms with Gasteiger partial charge in [0.25, 0.3) is 0 Å². The molecule has 0 unspecified atom stereocenters. The predicted molar refractivity (Wildman–Crippen MR) is 183 cm³/mol. The maximum atomic E-state index is 11.4. The lowest BCUT2D eigenvalue weighted by atomic mass is 10.0. The van der Waals surface area contributed by atoms with Crippen LogP contribution in [0.15, 0.2) is 116 Å². The number of hydrogen-bond donors (Lipinski definition) is 2. The van der Waals surface area contributed by atoms with E-state index in [1.54, 1.807) is 12.4 Å². The van der Waals surface area contributed by atoms with Gasteiger partial charge >= 0.3 is 5.24 Å². The van der Waals surface area contributed by atoms with Crippen molar-refractivity contribution in [1.82, 2.24) is 19.9 Å². The zero-order valence-corrected chi connectivity index (χ0v) is 25.8. The van der Waals surface area contributed by atoms with Gasteiger partial charge in [0.2, 0.25) is 22.6 Å². The second-order valence-corrected chi connectivity index (χ2v) is 10.2. The number of hydrogen-bond acceptors (Lipinski definition) is 7. The van der Waals surface area contributed by atoms with E-state index in [2.05, 4.69) is 50.0 Å². The van der Waals surface area contributed by atoms with Crippen LogP contribution < -0.4 is 11.1 Å². The van der Waals surface area contributed by atoms with Crippen LogP contribution in [0.5, 0.6) is 0 Å². The zero-order chi connectivity index (χ0) is 32.3. The molecule has 6 aromatic rings. The van der Waals surface area contributed by atoms with Crippen molar-refractivity contribution in [2.24, 2.45) is 0 Å². The normalized spacial score (nSPS) is 10.1. The number of fused-ring (bicyclic) bond motifs is 2. The van der Waals surface area contributed by atoms with Gasteiger partial charge in [0.15, 0.2) is 0 Å². The molecule has 6 rings (SSSR count). The summed E-state index contributed by atoms with van der Waals surface area (Å²) in [6, 6.07) is 27.0. The quantitative estimate of drug-likeness (QED) is 0.0629. The largest absolute Gasteiger partial charge is 0.399 e. The first-order valence-electron chi connectivity index (χ1n) is 13.1. The molecule has 0 aliphatic rings. The van der Waals surface area contributed by atoms with Gasteiger partial charge in [0.05, 0.1) is 29.2 Å². The number of nitrogens with two attached hydrogens (primary N) is 1. The fraction of sp³-hybridized carbons (Fsp3) is 0. The van der Waals surface area contributed by atoms with Gasteiger partial charge in [-0.25, -0.2) is 19.9 Å². The molecule has 4 aromatic carbocycles. The first-order valence-corrected chi connectivity index (χ1v) is 14.3. The Labute approximate surface area is 274 Å². The summed E-state index contributed by atoms with van der Waals surface area (Å²) in [7, 11) is 0. The van der Waals surface area contributed by atoms with Crippen molar-refractivity contribution in [2.75, 3.05) is 11.1 Å². The Morgan fingerprint density at radius 3 is 1.76 bits per heavy atom. The number of para-hydroxylation sites is 2. The molecule has 0 spiro atoms. The van der Waals surface area contributed by atoms with Crippen LogP contribution in [0.3, 0.4) is 0 Å². The van der Waals surface area contributed by atoms with E-state index >= 15 is 0 Å². The fourth-order valence-corrected chi connectivity index (χ4v) is 4.47. The highest BCUT2D eigenvalue weighted by molar-refractivity contribution is 6.66. The summed E-state index contributed by atoms with van der Waals surface area (Å²) in [5.41, 5.74) is 12.7. The van der Waals surface area contributed by atoms with Crippen molar-refractivity contribution in [1.29, 1.82) is 0 Å². The topological polar surface area (TPSA) is 124 Å². The van der Waals surface area contributed by atoms with Gasteiger partial charge in [0, 0.05) is 45.7 Å². The molecule has 2 heterocycles. The summed E-state index contributed by atoms with van der Waals surface area (Å²) >= 11 is 16.4. The minimum Gasteiger partial charge on any atom is -0.399 e. The van der Waals surface area contributed by atoms with Crippen molar-refractivity contribution in [3.63, 3.8) is 0 Å². The van der Waals surface area contributed by atoms with E-state index in [1.807, 2.05) is 84.9 Å². The van der Waals surface area contributed by atoms with Crippen LogP contribution in [0.25, 0.3) is 44.1 Å². The third kappa shape index (κ3) is 8.89. The Kier molecular flexibility index (Phi) is 11.2. The standard InChI is InChI=1S/C17H12ClN3O.C14H10ClN3.C3H2ClO/c1-2-15(22)20-13-7-3-5-11(9-13)14-8-4-6-12-10-19-17(18)21-16(12)14;15-14-17-8-10-4-2-6-12(13(10)18-14)9-3-1-5-11(16)7-9;1-2-3(4)5/h2-10H,1H2,(H,20,22);1-8H,16H2;1-2H/q;;+1. The summed E-state index contributed by atoms with van der Waals surface area (Å²) in [6.45, 7) is 8.01. The number of amides is 1. The van der Waals surface area contributed by atoms with E-state index in [-0.39, 0.29) is 16.5 Å². The molecule has 0 atom stereocenters. The third-order valence-electron chi connectivity index (χ3n) is 6.12. The fourth-order valence-electron chi connectivity index (χ4n) is 4.20. The van der Waals surface area contributed by atoms with E-state index in [9.17, 15) is 9.59 Å². The smallest absolute Gasteiger partial charge is 0.399 e. The highest BCUT2D eigenvalue weighted by atomic mass is 35.5. The van der Waals surface area contributed by atoms with E-state index in [4.69, 9.17) is 28.9 Å². The zero-order valence-electron chi connectivity index (χ0n) is 23.5. The Bertz CT molecular complexity index is 2030. The molecule has 0 aliphatic carbocycles. The molecule has 0 saturated carbocycles. The lowest BCUT2D eigenvalue weighted by Gasteiger charge is -2.08. The number of allylic oxidation sites excluding steroid dienone is 1. The van der Waals surface area contributed by atoms with Crippen LogP contribution in [-0.4, -0.2) is 31.1 Å². The number of carbonyl (C=O) groups excluding carboxylic acids is 2. The number of anilines is 2. The predicted octanol–water partition coefficient (Wildman–Crippen LogP) is 8.35. The Hall–Kier alpha value is -5.24. The third-order valence-corrected chi connectivity index (χ3v) is 6.61. The first kappa shape index (κ1) is 32.7. The molecule has 0 radical (unpaired) electrons. The number of nitrogen functional groups attached to an aromatic ring is 1. The van der Waals surface area contributed by atoms with Crippen LogP contribution in [0.2, 0.25) is 10.6 Å². The summed E-state index contributed by atoms with van der Waals surface area (Å²) in [5.74, 6) is -0.250. The number of benzene rings is 4. The Balaban J connectivity index is 0.000000181. The number of nitrogens with one attached hydrogen (secondary N) is 1. The maximum Gasteiger partial charge on any atom is 0.399 e. The van der Waals surface area contributed by atoms with Crippen molar-refractivity contribution < 1.29 is 9.59 Å². The van der Waals surface area contributed by atoms with Gasteiger partial charge in [0.1, 0.15) is 0 Å². The van der Waals surface area contributed by atoms with Crippen LogP contribution in [0, 0.1) is 6.58 Å². The van der Waals surface area contributed by atoms with Gasteiger partial charge in [-0.15, -0.1) is 0 Å². The summed E-state index contributed by atoms with van der Waals surface area (Å²) in [4.78, 5) is 37.4. The highest BCUT2D eigenvalue weighted by Crippen LogP contribution is 2.30. The van der Waals surface area contributed by atoms with Crippen molar-refractivity contribution >= 4 is 79.1 Å². The number of rotatable bonds is 5. The van der Waals surface area contributed by atoms with Gasteiger partial charge < -0.3 is 11.1 Å². The Morgan fingerprint density at radius 2 is 1.27 bits per heavy atom. The number of nitrogens with zero attached hydrogens (tertiary/aromatic N) is 4. The van der Waals surface area contributed by atoms with E-state index in [0.717, 1.165) is 55.8 Å². The molecule has 0 aliphatic heterocycles. The molecule has 1 amide bonds. The second kappa shape index (κ2) is 15.5. The van der Waals surface area contributed by atoms with Gasteiger partial charge in [-0.1, -0.05) is 67.2 Å². The molecule has 222 valence electrons. The summed E-state index contributed by atoms with van der Waals surface area (Å²) in [5, 5.41) is 4.44. The molecule has 3 N–H and O–H groups in total.